The Morgan fingerprint density at radius 1 is 1.38 bits per heavy atom. The molecule has 0 aliphatic carbocycles. The molecule has 0 aromatic carbocycles. The Hall–Kier alpha value is -1.67. The number of hydrogen-bond donors (Lipinski definition) is 3. The topological polar surface area (TPSA) is 89.8 Å². The number of rotatable bonds is 1. The summed E-state index contributed by atoms with van der Waals surface area (Å²) in [7, 11) is 0. The summed E-state index contributed by atoms with van der Waals surface area (Å²) in [6.45, 7) is 1.68. The maximum absolute atomic E-state index is 5.65. The molecule has 0 amide bonds. The first kappa shape index (κ1) is 9.42. The molecule has 68 valence electrons. The van der Waals surface area contributed by atoms with E-state index in [1.165, 1.54) is 0 Å². The van der Waals surface area contributed by atoms with Gasteiger partial charge < -0.3 is 11.5 Å². The Morgan fingerprint density at radius 3 is 2.69 bits per heavy atom. The molecular weight excluding hydrogens is 190 g/mol. The maximum atomic E-state index is 5.65. The smallest absolute Gasteiger partial charge is 0.223 e. The summed E-state index contributed by atoms with van der Waals surface area (Å²) in [5.41, 5.74) is 11.1. The van der Waals surface area contributed by atoms with Crippen LogP contribution in [0.15, 0.2) is 0 Å². The number of hydrogen-bond acceptors (Lipinski definition) is 5. The van der Waals surface area contributed by atoms with Gasteiger partial charge in [-0.3, -0.25) is 5.32 Å². The van der Waals surface area contributed by atoms with Gasteiger partial charge in [-0.1, -0.05) is 17.5 Å². The number of halogens is 1. The summed E-state index contributed by atoms with van der Waals surface area (Å²) in [6, 6.07) is 2.58. The van der Waals surface area contributed by atoms with Gasteiger partial charge in [0.05, 0.1) is 0 Å². The van der Waals surface area contributed by atoms with Gasteiger partial charge in [-0.15, -0.1) is 0 Å². The molecule has 0 aliphatic heterocycles. The van der Waals surface area contributed by atoms with Crippen LogP contribution in [-0.4, -0.2) is 9.97 Å². The van der Waals surface area contributed by atoms with E-state index in [-0.39, 0.29) is 16.8 Å². The monoisotopic (exact) mass is 197 g/mol. The van der Waals surface area contributed by atoms with Crippen molar-refractivity contribution in [2.75, 3.05) is 16.8 Å². The highest BCUT2D eigenvalue weighted by Gasteiger charge is 2.06. The first-order valence-corrected chi connectivity index (χ1v) is 3.79. The predicted octanol–water partition coefficient (Wildman–Crippen LogP) is 0.687. The average molecular weight is 198 g/mol. The van der Waals surface area contributed by atoms with E-state index in [0.717, 1.165) is 0 Å². The minimum Gasteiger partial charge on any atom is -0.393 e. The van der Waals surface area contributed by atoms with Crippen molar-refractivity contribution in [2.24, 2.45) is 0 Å². The van der Waals surface area contributed by atoms with Crippen molar-refractivity contribution in [3.05, 3.63) is 5.15 Å². The van der Waals surface area contributed by atoms with E-state index in [1.54, 1.807) is 6.92 Å². The van der Waals surface area contributed by atoms with E-state index in [2.05, 4.69) is 27.2 Å². The second-order valence-corrected chi connectivity index (χ2v) is 2.49. The molecule has 1 aromatic rings. The molecule has 0 spiro atoms. The zero-order valence-electron chi connectivity index (χ0n) is 6.93. The van der Waals surface area contributed by atoms with Crippen LogP contribution >= 0.6 is 11.6 Å². The Balaban J connectivity index is 3.10. The van der Waals surface area contributed by atoms with Crippen molar-refractivity contribution in [3.8, 4) is 12.0 Å². The molecule has 0 atom stereocenters. The minimum absolute atomic E-state index is 0.0552. The zero-order valence-corrected chi connectivity index (χ0v) is 7.68. The fourth-order valence-corrected chi connectivity index (χ4v) is 0.851. The fraction of sp³-hybridized carbons (Fsp3) is 0.143. The molecule has 0 saturated heterocycles. The molecular formula is C7H8ClN5. The van der Waals surface area contributed by atoms with E-state index >= 15 is 0 Å². The van der Waals surface area contributed by atoms with Crippen LogP contribution < -0.4 is 16.8 Å². The number of nitrogen functional groups attached to an aromatic ring is 2. The summed E-state index contributed by atoms with van der Waals surface area (Å²) in [5.74, 6) is 3.00. The summed E-state index contributed by atoms with van der Waals surface area (Å²) in [4.78, 5) is 7.48. The highest BCUT2D eigenvalue weighted by Crippen LogP contribution is 2.23. The zero-order chi connectivity index (χ0) is 9.84. The summed E-state index contributed by atoms with van der Waals surface area (Å²) < 4.78 is 0. The van der Waals surface area contributed by atoms with Gasteiger partial charge in [0.2, 0.25) is 5.95 Å². The largest absolute Gasteiger partial charge is 0.393 e. The van der Waals surface area contributed by atoms with Crippen molar-refractivity contribution in [3.63, 3.8) is 0 Å². The number of aromatic nitrogens is 2. The lowest BCUT2D eigenvalue weighted by molar-refractivity contribution is 1.19. The molecule has 1 rings (SSSR count). The molecule has 6 heteroatoms. The van der Waals surface area contributed by atoms with Crippen molar-refractivity contribution in [2.45, 2.75) is 6.92 Å². The van der Waals surface area contributed by atoms with Gasteiger partial charge in [-0.25, -0.2) is 0 Å². The van der Waals surface area contributed by atoms with Crippen molar-refractivity contribution >= 4 is 29.1 Å². The molecule has 0 fully saturated rings. The van der Waals surface area contributed by atoms with Crippen LogP contribution in [0.4, 0.5) is 17.5 Å². The Kier molecular flexibility index (Phi) is 2.77. The lowest BCUT2D eigenvalue weighted by Gasteiger charge is -2.04. The van der Waals surface area contributed by atoms with Gasteiger partial charge >= 0.3 is 0 Å². The van der Waals surface area contributed by atoms with Crippen LogP contribution in [-0.2, 0) is 0 Å². The number of nitrogens with one attached hydrogen (secondary N) is 1. The third kappa shape index (κ3) is 2.13. The third-order valence-corrected chi connectivity index (χ3v) is 1.51. The SMILES string of the molecule is CC#CNc1nc(N)nc(Cl)c1N. The highest BCUT2D eigenvalue weighted by atomic mass is 35.5. The highest BCUT2D eigenvalue weighted by molar-refractivity contribution is 6.32. The number of anilines is 3. The predicted molar refractivity (Wildman–Crippen MR) is 52.9 cm³/mol. The molecule has 0 saturated carbocycles. The normalized spacial score (nSPS) is 8.77. The molecule has 1 heterocycles. The van der Waals surface area contributed by atoms with Crippen LogP contribution in [0.3, 0.4) is 0 Å². The van der Waals surface area contributed by atoms with Crippen molar-refractivity contribution < 1.29 is 0 Å². The summed E-state index contributed by atoms with van der Waals surface area (Å²) >= 11 is 5.65. The first-order valence-electron chi connectivity index (χ1n) is 3.41. The molecule has 0 aliphatic rings. The summed E-state index contributed by atoms with van der Waals surface area (Å²) in [5, 5.41) is 2.76. The molecule has 1 aromatic heterocycles. The second-order valence-electron chi connectivity index (χ2n) is 2.13. The molecule has 5 nitrogen and oxygen atoms in total. The van der Waals surface area contributed by atoms with E-state index in [4.69, 9.17) is 23.1 Å². The fourth-order valence-electron chi connectivity index (χ4n) is 0.675. The Bertz CT molecular complexity index is 378. The van der Waals surface area contributed by atoms with E-state index in [0.29, 0.717) is 5.82 Å². The van der Waals surface area contributed by atoms with Crippen LogP contribution in [0.2, 0.25) is 5.15 Å². The lowest BCUT2D eigenvalue weighted by atomic mass is 10.5. The van der Waals surface area contributed by atoms with Gasteiger partial charge in [0, 0.05) is 6.04 Å². The van der Waals surface area contributed by atoms with Crippen molar-refractivity contribution in [1.82, 2.24) is 9.97 Å². The third-order valence-electron chi connectivity index (χ3n) is 1.22. The van der Waals surface area contributed by atoms with Crippen LogP contribution in [0.5, 0.6) is 0 Å². The van der Waals surface area contributed by atoms with Crippen LogP contribution in [0.1, 0.15) is 6.92 Å². The van der Waals surface area contributed by atoms with Gasteiger partial charge in [-0.05, 0) is 6.92 Å². The molecule has 0 unspecified atom stereocenters. The van der Waals surface area contributed by atoms with Gasteiger partial charge in [0.1, 0.15) is 5.69 Å². The standard InChI is InChI=1S/C7H8ClN5/c1-2-3-11-6-4(9)5(8)12-7(10)13-6/h9H2,1H3,(H3,10,11,12,13). The lowest BCUT2D eigenvalue weighted by Crippen LogP contribution is -2.04. The average Bonchev–Trinajstić information content (AvgIpc) is 2.09. The van der Waals surface area contributed by atoms with Crippen molar-refractivity contribution in [1.29, 1.82) is 0 Å². The number of nitrogens with zero attached hydrogens (tertiary/aromatic N) is 2. The van der Waals surface area contributed by atoms with Crippen LogP contribution in [0.25, 0.3) is 0 Å². The molecule has 13 heavy (non-hydrogen) atoms. The summed E-state index contributed by atoms with van der Waals surface area (Å²) in [6.07, 6.45) is 0. The van der Waals surface area contributed by atoms with E-state index < -0.39 is 0 Å². The molecule has 0 radical (unpaired) electrons. The second kappa shape index (κ2) is 3.83. The quantitative estimate of drug-likeness (QED) is 0.350. The van der Waals surface area contributed by atoms with Gasteiger partial charge in [0.25, 0.3) is 0 Å². The maximum Gasteiger partial charge on any atom is 0.223 e. The van der Waals surface area contributed by atoms with E-state index in [1.807, 2.05) is 0 Å². The van der Waals surface area contributed by atoms with Gasteiger partial charge in [-0.2, -0.15) is 9.97 Å². The Labute approximate surface area is 80.5 Å². The number of nitrogens with two attached hydrogens (primary N) is 2. The Morgan fingerprint density at radius 2 is 2.08 bits per heavy atom. The van der Waals surface area contributed by atoms with Crippen LogP contribution in [0, 0.1) is 12.0 Å². The van der Waals surface area contributed by atoms with Gasteiger partial charge in [0.15, 0.2) is 11.0 Å². The van der Waals surface area contributed by atoms with E-state index in [9.17, 15) is 0 Å². The minimum atomic E-state index is 0.0552. The molecule has 0 bridgehead atoms. The first-order chi connectivity index (χ1) is 6.15. The molecule has 5 N–H and O–H groups in total.